The first kappa shape index (κ1) is 10.3. The van der Waals surface area contributed by atoms with Gasteiger partial charge in [0, 0.05) is 16.7 Å². The van der Waals surface area contributed by atoms with Crippen LogP contribution in [0.5, 0.6) is 0 Å². The van der Waals surface area contributed by atoms with E-state index in [4.69, 9.17) is 0 Å². The van der Waals surface area contributed by atoms with Gasteiger partial charge in [0.25, 0.3) is 0 Å². The number of esters is 1. The molecular formula is C12H12O2S. The summed E-state index contributed by atoms with van der Waals surface area (Å²) < 4.78 is 4.65. The molecule has 1 aliphatic heterocycles. The maximum absolute atomic E-state index is 11.2. The molecule has 0 spiro atoms. The summed E-state index contributed by atoms with van der Waals surface area (Å²) in [6, 6.07) is 8.16. The highest BCUT2D eigenvalue weighted by molar-refractivity contribution is 7.99. The lowest BCUT2D eigenvalue weighted by Gasteiger charge is -2.17. The molecule has 1 aliphatic rings. The lowest BCUT2D eigenvalue weighted by atomic mass is 10.0. The molecule has 0 saturated carbocycles. The smallest absolute Gasteiger partial charge is 0.330 e. The van der Waals surface area contributed by atoms with Crippen LogP contribution in [0.3, 0.4) is 0 Å². The van der Waals surface area contributed by atoms with Crippen molar-refractivity contribution >= 4 is 23.3 Å². The van der Waals surface area contributed by atoms with E-state index in [-0.39, 0.29) is 5.97 Å². The Balaban J connectivity index is 2.37. The van der Waals surface area contributed by atoms with Crippen LogP contribution >= 0.6 is 11.8 Å². The van der Waals surface area contributed by atoms with E-state index in [2.05, 4.69) is 16.9 Å². The van der Waals surface area contributed by atoms with Gasteiger partial charge >= 0.3 is 5.97 Å². The number of benzene rings is 1. The van der Waals surface area contributed by atoms with Gasteiger partial charge < -0.3 is 4.74 Å². The standard InChI is InChI=1S/C12H12O2S/c1-14-12(13)8-9-6-7-15-11-5-3-2-4-10(9)11/h2-5,8H,6-7H2,1H3/b9-8-. The van der Waals surface area contributed by atoms with E-state index < -0.39 is 0 Å². The lowest BCUT2D eigenvalue weighted by molar-refractivity contribution is -0.134. The third-order valence-electron chi connectivity index (χ3n) is 2.36. The SMILES string of the molecule is COC(=O)/C=C1/CCSc2ccccc21. The number of hydrogen-bond donors (Lipinski definition) is 0. The molecule has 0 N–H and O–H groups in total. The van der Waals surface area contributed by atoms with E-state index in [0.29, 0.717) is 0 Å². The van der Waals surface area contributed by atoms with Gasteiger partial charge in [0.2, 0.25) is 0 Å². The van der Waals surface area contributed by atoms with Crippen molar-refractivity contribution in [2.75, 3.05) is 12.9 Å². The third-order valence-corrected chi connectivity index (χ3v) is 3.43. The molecule has 0 aliphatic carbocycles. The van der Waals surface area contributed by atoms with Crippen LogP contribution in [0.2, 0.25) is 0 Å². The van der Waals surface area contributed by atoms with Gasteiger partial charge in [0.05, 0.1) is 7.11 Å². The van der Waals surface area contributed by atoms with E-state index in [0.717, 1.165) is 17.7 Å². The molecule has 1 aromatic rings. The van der Waals surface area contributed by atoms with Crippen molar-refractivity contribution in [3.05, 3.63) is 35.9 Å². The molecule has 0 radical (unpaired) electrons. The Kier molecular flexibility index (Phi) is 3.11. The largest absolute Gasteiger partial charge is 0.466 e. The highest BCUT2D eigenvalue weighted by Gasteiger charge is 2.14. The molecule has 0 fully saturated rings. The Bertz CT molecular complexity index is 410. The molecular weight excluding hydrogens is 208 g/mol. The number of fused-ring (bicyclic) bond motifs is 1. The average Bonchev–Trinajstić information content (AvgIpc) is 2.29. The van der Waals surface area contributed by atoms with Gasteiger partial charge in [-0.25, -0.2) is 4.79 Å². The number of rotatable bonds is 1. The number of ether oxygens (including phenoxy) is 1. The summed E-state index contributed by atoms with van der Waals surface area (Å²) in [7, 11) is 1.41. The van der Waals surface area contributed by atoms with Crippen molar-refractivity contribution in [2.45, 2.75) is 11.3 Å². The number of thioether (sulfide) groups is 1. The number of carbonyl (C=O) groups is 1. The fraction of sp³-hybridized carbons (Fsp3) is 0.250. The molecule has 0 unspecified atom stereocenters. The van der Waals surface area contributed by atoms with Crippen LogP contribution in [0, 0.1) is 0 Å². The molecule has 0 bridgehead atoms. The summed E-state index contributed by atoms with van der Waals surface area (Å²) in [5, 5.41) is 0. The van der Waals surface area contributed by atoms with Crippen LogP contribution in [0.1, 0.15) is 12.0 Å². The second-order valence-corrected chi connectivity index (χ2v) is 4.42. The molecule has 0 aromatic heterocycles. The number of allylic oxidation sites excluding steroid dienone is 1. The summed E-state index contributed by atoms with van der Waals surface area (Å²) >= 11 is 1.83. The first-order valence-corrected chi connectivity index (χ1v) is 5.80. The highest BCUT2D eigenvalue weighted by Crippen LogP contribution is 2.36. The molecule has 2 rings (SSSR count). The van der Waals surface area contributed by atoms with Crippen LogP contribution < -0.4 is 0 Å². The van der Waals surface area contributed by atoms with Crippen LogP contribution in [0.25, 0.3) is 5.57 Å². The van der Waals surface area contributed by atoms with E-state index in [9.17, 15) is 4.79 Å². The zero-order valence-corrected chi connectivity index (χ0v) is 9.34. The minimum Gasteiger partial charge on any atom is -0.466 e. The van der Waals surface area contributed by atoms with Gasteiger partial charge in [-0.15, -0.1) is 11.8 Å². The second-order valence-electron chi connectivity index (χ2n) is 3.29. The zero-order chi connectivity index (χ0) is 10.7. The predicted octanol–water partition coefficient (Wildman–Crippen LogP) is 2.74. The first-order valence-electron chi connectivity index (χ1n) is 4.82. The minimum atomic E-state index is -0.272. The third kappa shape index (κ3) is 2.23. The number of hydrogen-bond acceptors (Lipinski definition) is 3. The molecule has 78 valence electrons. The van der Waals surface area contributed by atoms with E-state index in [1.807, 2.05) is 23.9 Å². The van der Waals surface area contributed by atoms with Gasteiger partial charge in [0.1, 0.15) is 0 Å². The fourth-order valence-electron chi connectivity index (χ4n) is 1.61. The maximum Gasteiger partial charge on any atom is 0.330 e. The van der Waals surface area contributed by atoms with Crippen molar-refractivity contribution in [3.8, 4) is 0 Å². The van der Waals surface area contributed by atoms with Gasteiger partial charge in [-0.1, -0.05) is 18.2 Å². The van der Waals surface area contributed by atoms with E-state index in [1.54, 1.807) is 6.08 Å². The molecule has 0 saturated heterocycles. The van der Waals surface area contributed by atoms with Crippen molar-refractivity contribution in [3.63, 3.8) is 0 Å². The van der Waals surface area contributed by atoms with Crippen LogP contribution in [-0.4, -0.2) is 18.8 Å². The van der Waals surface area contributed by atoms with Crippen molar-refractivity contribution in [1.29, 1.82) is 0 Å². The van der Waals surface area contributed by atoms with Crippen LogP contribution in [0.15, 0.2) is 35.2 Å². The van der Waals surface area contributed by atoms with E-state index in [1.165, 1.54) is 17.6 Å². The summed E-state index contributed by atoms with van der Waals surface area (Å²) in [5.74, 6) is 0.756. The molecule has 0 amide bonds. The van der Waals surface area contributed by atoms with E-state index >= 15 is 0 Å². The summed E-state index contributed by atoms with van der Waals surface area (Å²) in [4.78, 5) is 12.4. The molecule has 2 nitrogen and oxygen atoms in total. The number of carbonyl (C=O) groups excluding carboxylic acids is 1. The highest BCUT2D eigenvalue weighted by atomic mass is 32.2. The Morgan fingerprint density at radius 2 is 2.27 bits per heavy atom. The first-order chi connectivity index (χ1) is 7.31. The predicted molar refractivity (Wildman–Crippen MR) is 61.8 cm³/mol. The minimum absolute atomic E-state index is 0.272. The van der Waals surface area contributed by atoms with Crippen molar-refractivity contribution < 1.29 is 9.53 Å². The van der Waals surface area contributed by atoms with Crippen LogP contribution in [-0.2, 0) is 9.53 Å². The quantitative estimate of drug-likeness (QED) is 0.537. The molecule has 3 heteroatoms. The van der Waals surface area contributed by atoms with Crippen LogP contribution in [0.4, 0.5) is 0 Å². The Morgan fingerprint density at radius 3 is 3.07 bits per heavy atom. The molecule has 1 aromatic carbocycles. The Hall–Kier alpha value is -1.22. The summed E-state index contributed by atoms with van der Waals surface area (Å²) in [6.07, 6.45) is 2.52. The monoisotopic (exact) mass is 220 g/mol. The zero-order valence-electron chi connectivity index (χ0n) is 8.53. The second kappa shape index (κ2) is 4.53. The Labute approximate surface area is 93.3 Å². The average molecular weight is 220 g/mol. The van der Waals surface area contributed by atoms with Crippen molar-refractivity contribution in [2.24, 2.45) is 0 Å². The number of methoxy groups -OCH3 is 1. The van der Waals surface area contributed by atoms with Gasteiger partial charge in [-0.2, -0.15) is 0 Å². The molecule has 1 heterocycles. The normalized spacial score (nSPS) is 17.3. The Morgan fingerprint density at radius 1 is 1.47 bits per heavy atom. The maximum atomic E-state index is 11.2. The topological polar surface area (TPSA) is 26.3 Å². The molecule has 0 atom stereocenters. The van der Waals surface area contributed by atoms with Gasteiger partial charge in [-0.05, 0) is 23.6 Å². The van der Waals surface area contributed by atoms with Crippen molar-refractivity contribution in [1.82, 2.24) is 0 Å². The summed E-state index contributed by atoms with van der Waals surface area (Å²) in [6.45, 7) is 0. The lowest BCUT2D eigenvalue weighted by Crippen LogP contribution is -2.02. The van der Waals surface area contributed by atoms with Gasteiger partial charge in [0.15, 0.2) is 0 Å². The molecule has 15 heavy (non-hydrogen) atoms. The summed E-state index contributed by atoms with van der Waals surface area (Å²) in [5.41, 5.74) is 2.25. The fourth-order valence-corrected chi connectivity index (χ4v) is 2.69. The van der Waals surface area contributed by atoms with Gasteiger partial charge in [-0.3, -0.25) is 0 Å².